The molecule has 1 amide bonds. The summed E-state index contributed by atoms with van der Waals surface area (Å²) in [5, 5.41) is 0. The first-order valence-corrected chi connectivity index (χ1v) is 11.6. The van der Waals surface area contributed by atoms with Crippen LogP contribution in [-0.2, 0) is 13.5 Å². The number of hydrogen-bond donors (Lipinski definition) is 0. The SMILES string of the molecule is Cc1cc(=O)c(C(=O)N2CCN(C/C=C/c3ccccc3)CC2)c(Cc2ccccc2F)n1C. The molecule has 4 rings (SSSR count). The number of benzene rings is 2. The number of piperazine rings is 1. The van der Waals surface area contributed by atoms with Gasteiger partial charge in [-0.05, 0) is 24.1 Å². The molecule has 0 N–H and O–H groups in total. The second-order valence-electron chi connectivity index (χ2n) is 8.70. The van der Waals surface area contributed by atoms with Gasteiger partial charge in [0.1, 0.15) is 11.4 Å². The van der Waals surface area contributed by atoms with E-state index in [-0.39, 0.29) is 29.1 Å². The Balaban J connectivity index is 1.48. The molecular weight excluding hydrogens is 429 g/mol. The number of halogens is 1. The highest BCUT2D eigenvalue weighted by Gasteiger charge is 2.27. The van der Waals surface area contributed by atoms with Crippen LogP contribution in [0, 0.1) is 12.7 Å². The maximum absolute atomic E-state index is 14.4. The number of aryl methyl sites for hydroxylation is 1. The molecule has 1 aromatic heterocycles. The van der Waals surface area contributed by atoms with E-state index in [1.54, 1.807) is 23.1 Å². The van der Waals surface area contributed by atoms with Crippen LogP contribution in [0.5, 0.6) is 0 Å². The smallest absolute Gasteiger partial charge is 0.259 e. The average molecular weight is 460 g/mol. The van der Waals surface area contributed by atoms with E-state index in [1.807, 2.05) is 36.7 Å². The van der Waals surface area contributed by atoms with Crippen LogP contribution in [0.1, 0.15) is 32.9 Å². The predicted molar refractivity (Wildman–Crippen MR) is 133 cm³/mol. The van der Waals surface area contributed by atoms with Crippen molar-refractivity contribution in [1.29, 1.82) is 0 Å². The average Bonchev–Trinajstić information content (AvgIpc) is 2.84. The van der Waals surface area contributed by atoms with Gasteiger partial charge in [0.25, 0.3) is 5.91 Å². The highest BCUT2D eigenvalue weighted by Crippen LogP contribution is 2.18. The summed E-state index contributed by atoms with van der Waals surface area (Å²) in [4.78, 5) is 30.4. The molecule has 0 atom stereocenters. The number of amides is 1. The van der Waals surface area contributed by atoms with E-state index >= 15 is 0 Å². The third-order valence-electron chi connectivity index (χ3n) is 6.47. The van der Waals surface area contributed by atoms with Crippen molar-refractivity contribution in [2.45, 2.75) is 13.3 Å². The van der Waals surface area contributed by atoms with Crippen LogP contribution in [0.25, 0.3) is 6.08 Å². The summed E-state index contributed by atoms with van der Waals surface area (Å²) in [6.45, 7) is 5.20. The summed E-state index contributed by atoms with van der Waals surface area (Å²) < 4.78 is 16.2. The van der Waals surface area contributed by atoms with Gasteiger partial charge in [-0.2, -0.15) is 0 Å². The zero-order valence-electron chi connectivity index (χ0n) is 19.7. The van der Waals surface area contributed by atoms with Crippen molar-refractivity contribution in [3.05, 3.63) is 111 Å². The molecule has 34 heavy (non-hydrogen) atoms. The van der Waals surface area contributed by atoms with Crippen molar-refractivity contribution in [2.24, 2.45) is 7.05 Å². The Hall–Kier alpha value is -3.51. The van der Waals surface area contributed by atoms with Crippen LogP contribution in [0.3, 0.4) is 0 Å². The molecule has 1 fully saturated rings. The molecule has 0 unspecified atom stereocenters. The van der Waals surface area contributed by atoms with E-state index < -0.39 is 0 Å². The first-order valence-electron chi connectivity index (χ1n) is 11.6. The lowest BCUT2D eigenvalue weighted by molar-refractivity contribution is 0.0647. The number of pyridine rings is 1. The van der Waals surface area contributed by atoms with E-state index in [4.69, 9.17) is 0 Å². The quantitative estimate of drug-likeness (QED) is 0.562. The topological polar surface area (TPSA) is 45.6 Å². The molecule has 3 aromatic rings. The van der Waals surface area contributed by atoms with Gasteiger partial charge in [0.2, 0.25) is 0 Å². The molecule has 0 aliphatic carbocycles. The van der Waals surface area contributed by atoms with E-state index in [0.29, 0.717) is 24.3 Å². The minimum absolute atomic E-state index is 0.147. The molecule has 5 nitrogen and oxygen atoms in total. The number of carbonyl (C=O) groups is 1. The Labute approximate surface area is 199 Å². The number of carbonyl (C=O) groups excluding carboxylic acids is 1. The van der Waals surface area contributed by atoms with Gasteiger partial charge in [-0.3, -0.25) is 14.5 Å². The summed E-state index contributed by atoms with van der Waals surface area (Å²) in [5.74, 6) is -0.613. The summed E-state index contributed by atoms with van der Waals surface area (Å²) in [7, 11) is 1.82. The standard InChI is InChI=1S/C28H30FN3O2/c1-21-19-26(33)27(25(30(21)2)20-23-12-6-7-13-24(23)29)28(34)32-17-15-31(16-18-32)14-8-11-22-9-4-3-5-10-22/h3-13,19H,14-18,20H2,1-2H3/b11-8+. The van der Waals surface area contributed by atoms with E-state index in [9.17, 15) is 14.0 Å². The number of nitrogens with zero attached hydrogens (tertiary/aromatic N) is 3. The van der Waals surface area contributed by atoms with Crippen molar-refractivity contribution in [3.63, 3.8) is 0 Å². The normalized spacial score (nSPS) is 14.6. The van der Waals surface area contributed by atoms with Gasteiger partial charge < -0.3 is 9.47 Å². The molecule has 176 valence electrons. The number of hydrogen-bond acceptors (Lipinski definition) is 3. The van der Waals surface area contributed by atoms with Crippen molar-refractivity contribution >= 4 is 12.0 Å². The van der Waals surface area contributed by atoms with Crippen molar-refractivity contribution in [2.75, 3.05) is 32.7 Å². The Morgan fingerprint density at radius 2 is 1.68 bits per heavy atom. The van der Waals surface area contributed by atoms with E-state index in [2.05, 4.69) is 29.2 Å². The Kier molecular flexibility index (Phi) is 7.38. The second-order valence-corrected chi connectivity index (χ2v) is 8.70. The lowest BCUT2D eigenvalue weighted by atomic mass is 10.0. The van der Waals surface area contributed by atoms with Gasteiger partial charge >= 0.3 is 0 Å². The van der Waals surface area contributed by atoms with E-state index in [1.165, 1.54) is 12.1 Å². The van der Waals surface area contributed by atoms with Crippen LogP contribution < -0.4 is 5.43 Å². The van der Waals surface area contributed by atoms with E-state index in [0.717, 1.165) is 30.9 Å². The van der Waals surface area contributed by atoms with Crippen molar-refractivity contribution < 1.29 is 9.18 Å². The van der Waals surface area contributed by atoms with Crippen molar-refractivity contribution in [3.8, 4) is 0 Å². The number of rotatable bonds is 6. The fourth-order valence-electron chi connectivity index (χ4n) is 4.33. The van der Waals surface area contributed by atoms with Crippen LogP contribution in [0.15, 0.2) is 71.5 Å². The lowest BCUT2D eigenvalue weighted by Gasteiger charge is -2.34. The fraction of sp³-hybridized carbons (Fsp3) is 0.286. The summed E-state index contributed by atoms with van der Waals surface area (Å²) >= 11 is 0. The Bertz CT molecular complexity index is 1240. The zero-order chi connectivity index (χ0) is 24.1. The minimum atomic E-state index is -0.341. The highest BCUT2D eigenvalue weighted by molar-refractivity contribution is 5.95. The maximum Gasteiger partial charge on any atom is 0.259 e. The first kappa shape index (κ1) is 23.6. The van der Waals surface area contributed by atoms with Crippen LogP contribution in [0.2, 0.25) is 0 Å². The minimum Gasteiger partial charge on any atom is -0.351 e. The maximum atomic E-state index is 14.4. The van der Waals surface area contributed by atoms with Crippen molar-refractivity contribution in [1.82, 2.24) is 14.4 Å². The third-order valence-corrected chi connectivity index (χ3v) is 6.47. The van der Waals surface area contributed by atoms with Crippen LogP contribution >= 0.6 is 0 Å². The van der Waals surface area contributed by atoms with Crippen LogP contribution in [0.4, 0.5) is 4.39 Å². The molecule has 2 heterocycles. The molecule has 0 radical (unpaired) electrons. The molecule has 1 aliphatic heterocycles. The lowest BCUT2D eigenvalue weighted by Crippen LogP contribution is -2.49. The van der Waals surface area contributed by atoms with Crippen LogP contribution in [-0.4, -0.2) is 53.0 Å². The van der Waals surface area contributed by atoms with Gasteiger partial charge in [-0.1, -0.05) is 60.7 Å². The molecular formula is C28H30FN3O2. The highest BCUT2D eigenvalue weighted by atomic mass is 19.1. The van der Waals surface area contributed by atoms with Gasteiger partial charge in [0, 0.05) is 63.6 Å². The fourth-order valence-corrected chi connectivity index (χ4v) is 4.33. The molecule has 0 saturated carbocycles. The van der Waals surface area contributed by atoms with Gasteiger partial charge in [0.05, 0.1) is 0 Å². The van der Waals surface area contributed by atoms with Gasteiger partial charge in [-0.25, -0.2) is 4.39 Å². The molecule has 6 heteroatoms. The van der Waals surface area contributed by atoms with Gasteiger partial charge in [0.15, 0.2) is 5.43 Å². The number of aromatic nitrogens is 1. The molecule has 2 aromatic carbocycles. The summed E-state index contributed by atoms with van der Waals surface area (Å²) in [5.41, 5.74) is 2.76. The second kappa shape index (κ2) is 10.6. The third kappa shape index (κ3) is 5.34. The summed E-state index contributed by atoms with van der Waals surface area (Å²) in [6, 6.07) is 18.1. The molecule has 0 bridgehead atoms. The zero-order valence-corrected chi connectivity index (χ0v) is 19.7. The Morgan fingerprint density at radius 1 is 1.00 bits per heavy atom. The molecule has 1 saturated heterocycles. The Morgan fingerprint density at radius 3 is 2.38 bits per heavy atom. The monoisotopic (exact) mass is 459 g/mol. The van der Waals surface area contributed by atoms with Gasteiger partial charge in [-0.15, -0.1) is 0 Å². The largest absolute Gasteiger partial charge is 0.351 e. The predicted octanol–water partition coefficient (Wildman–Crippen LogP) is 3.89. The summed E-state index contributed by atoms with van der Waals surface area (Å²) in [6.07, 6.45) is 4.42. The first-order chi connectivity index (χ1) is 16.4. The molecule has 0 spiro atoms. The molecule has 1 aliphatic rings.